The molecule has 1 saturated carbocycles. The van der Waals surface area contributed by atoms with Crippen LogP contribution in [0.1, 0.15) is 41.3 Å². The van der Waals surface area contributed by atoms with Crippen LogP contribution in [0.4, 0.5) is 15.8 Å². The van der Waals surface area contributed by atoms with Gasteiger partial charge in [0.15, 0.2) is 0 Å². The van der Waals surface area contributed by atoms with Crippen molar-refractivity contribution in [2.24, 2.45) is 5.92 Å². The van der Waals surface area contributed by atoms with E-state index in [1.54, 1.807) is 36.7 Å². The second-order valence-electron chi connectivity index (χ2n) is 9.00. The molecule has 1 aliphatic carbocycles. The molecule has 3 aromatic rings. The third-order valence-corrected chi connectivity index (χ3v) is 6.61. The van der Waals surface area contributed by atoms with Crippen LogP contribution in [-0.4, -0.2) is 43.0 Å². The van der Waals surface area contributed by atoms with E-state index in [1.165, 1.54) is 6.07 Å². The first-order chi connectivity index (χ1) is 17.1. The number of hydrogen-bond donors (Lipinski definition) is 3. The van der Waals surface area contributed by atoms with E-state index in [4.69, 9.17) is 0 Å². The molecule has 5 rings (SSSR count). The number of benzene rings is 2. The van der Waals surface area contributed by atoms with Crippen molar-refractivity contribution in [3.63, 3.8) is 0 Å². The maximum absolute atomic E-state index is 14.6. The summed E-state index contributed by atoms with van der Waals surface area (Å²) in [6.45, 7) is 3.83. The summed E-state index contributed by atoms with van der Waals surface area (Å²) >= 11 is 0. The molecule has 7 nitrogen and oxygen atoms in total. The average molecular weight is 490 g/mol. The Morgan fingerprint density at radius 1 is 1.08 bits per heavy atom. The first-order valence-electron chi connectivity index (χ1n) is 11.9. The Hall–Kier alpha value is -3.78. The maximum atomic E-state index is 14.6. The van der Waals surface area contributed by atoms with Crippen LogP contribution in [-0.2, 0) is 11.3 Å². The molecule has 2 atom stereocenters. The monoisotopic (exact) mass is 489 g/mol. The number of nitrogens with one attached hydrogen (secondary N) is 3. The minimum Gasteiger partial charge on any atom is -0.369 e. The van der Waals surface area contributed by atoms with Crippen molar-refractivity contribution in [1.29, 1.82) is 0 Å². The second-order valence-corrected chi connectivity index (χ2v) is 9.00. The lowest BCUT2D eigenvalue weighted by molar-refractivity contribution is -0.117. The third-order valence-electron chi connectivity index (χ3n) is 6.61. The summed E-state index contributed by atoms with van der Waals surface area (Å²) in [5, 5.41) is 8.89. The predicted octanol–water partition coefficient (Wildman–Crippen LogP) is 3.94. The standard InChI is InChI=1S/C27H28FN5O2.CH4/c28-25-14-21(32-27(35)24-15-23(24)19-2-1-9-30-16-19)6-3-20(25)17-31-26(34)18-4-7-22(8-5-18)33-12-10-29-11-13-33;/h1-9,14,16,23-24,29H,10-13,15,17H2,(H,31,34)(H,32,35);1H4/t23-,24+;/m1./s1. The van der Waals surface area contributed by atoms with Crippen LogP contribution in [0, 0.1) is 11.7 Å². The Morgan fingerprint density at radius 2 is 1.86 bits per heavy atom. The number of nitrogens with zero attached hydrogens (tertiary/aromatic N) is 2. The highest BCUT2D eigenvalue weighted by molar-refractivity contribution is 5.95. The third kappa shape index (κ3) is 5.88. The molecule has 36 heavy (non-hydrogen) atoms. The summed E-state index contributed by atoms with van der Waals surface area (Å²) in [5.74, 6) is -0.822. The van der Waals surface area contributed by atoms with Gasteiger partial charge in [0, 0.05) is 73.5 Å². The largest absolute Gasteiger partial charge is 0.369 e. The Balaban J connectivity index is 0.00000304. The molecule has 0 radical (unpaired) electrons. The molecule has 3 N–H and O–H groups in total. The van der Waals surface area contributed by atoms with Crippen molar-refractivity contribution >= 4 is 23.2 Å². The van der Waals surface area contributed by atoms with E-state index >= 15 is 0 Å². The van der Waals surface area contributed by atoms with E-state index in [-0.39, 0.29) is 37.6 Å². The van der Waals surface area contributed by atoms with Gasteiger partial charge < -0.3 is 20.9 Å². The van der Waals surface area contributed by atoms with E-state index < -0.39 is 5.82 Å². The minimum absolute atomic E-state index is 0. The minimum atomic E-state index is -0.475. The van der Waals surface area contributed by atoms with Crippen LogP contribution in [0.15, 0.2) is 67.0 Å². The number of carbonyl (C=O) groups excluding carboxylic acids is 2. The lowest BCUT2D eigenvalue weighted by Crippen LogP contribution is -2.43. The van der Waals surface area contributed by atoms with E-state index in [9.17, 15) is 14.0 Å². The lowest BCUT2D eigenvalue weighted by Gasteiger charge is -2.29. The number of halogens is 1. The van der Waals surface area contributed by atoms with Crippen LogP contribution in [0.5, 0.6) is 0 Å². The zero-order chi connectivity index (χ0) is 24.2. The summed E-state index contributed by atoms with van der Waals surface area (Å²) < 4.78 is 14.6. The highest BCUT2D eigenvalue weighted by Crippen LogP contribution is 2.47. The molecule has 0 unspecified atom stereocenters. The summed E-state index contributed by atoms with van der Waals surface area (Å²) in [5.41, 5.74) is 3.42. The Bertz CT molecular complexity index is 1200. The SMILES string of the molecule is C.O=C(NCc1ccc(NC(=O)[C@H]2C[C@@H]2c2cccnc2)cc1F)c1ccc(N2CCNCC2)cc1. The van der Waals surface area contributed by atoms with E-state index in [2.05, 4.69) is 25.8 Å². The molecule has 1 saturated heterocycles. The summed E-state index contributed by atoms with van der Waals surface area (Å²) in [7, 11) is 0. The molecule has 2 aromatic carbocycles. The van der Waals surface area contributed by atoms with Gasteiger partial charge in [0.1, 0.15) is 5.82 Å². The topological polar surface area (TPSA) is 86.4 Å². The fourth-order valence-corrected chi connectivity index (χ4v) is 4.48. The molecule has 2 aliphatic rings. The van der Waals surface area contributed by atoms with Crippen molar-refractivity contribution in [3.05, 3.63) is 89.5 Å². The van der Waals surface area contributed by atoms with Crippen molar-refractivity contribution in [2.45, 2.75) is 26.3 Å². The van der Waals surface area contributed by atoms with Crippen LogP contribution in [0.25, 0.3) is 0 Å². The zero-order valence-electron chi connectivity index (χ0n) is 19.3. The second kappa shape index (κ2) is 11.3. The number of anilines is 2. The molecule has 2 amide bonds. The van der Waals surface area contributed by atoms with Crippen molar-refractivity contribution in [1.82, 2.24) is 15.6 Å². The van der Waals surface area contributed by atoms with Gasteiger partial charge in [-0.05, 0) is 60.4 Å². The van der Waals surface area contributed by atoms with Gasteiger partial charge in [-0.2, -0.15) is 0 Å². The molecule has 2 fully saturated rings. The smallest absolute Gasteiger partial charge is 0.251 e. The average Bonchev–Trinajstić information content (AvgIpc) is 3.71. The van der Waals surface area contributed by atoms with Crippen molar-refractivity contribution in [3.8, 4) is 0 Å². The molecule has 1 aromatic heterocycles. The van der Waals surface area contributed by atoms with E-state index in [1.807, 2.05) is 24.3 Å². The first kappa shape index (κ1) is 25.3. The maximum Gasteiger partial charge on any atom is 0.251 e. The molecule has 1 aliphatic heterocycles. The number of rotatable bonds is 7. The Labute approximate surface area is 211 Å². The Kier molecular flexibility index (Phi) is 7.95. The van der Waals surface area contributed by atoms with Crippen LogP contribution >= 0.6 is 0 Å². The molecule has 0 spiro atoms. The van der Waals surface area contributed by atoms with Gasteiger partial charge >= 0.3 is 0 Å². The lowest BCUT2D eigenvalue weighted by atomic mass is 10.1. The van der Waals surface area contributed by atoms with E-state index in [0.717, 1.165) is 43.9 Å². The number of piperazine rings is 1. The molecule has 0 bridgehead atoms. The predicted molar refractivity (Wildman–Crippen MR) is 140 cm³/mol. The number of hydrogen-bond acceptors (Lipinski definition) is 5. The van der Waals surface area contributed by atoms with Gasteiger partial charge in [-0.1, -0.05) is 19.6 Å². The fraction of sp³-hybridized carbons (Fsp3) is 0.321. The zero-order valence-corrected chi connectivity index (χ0v) is 19.3. The summed E-state index contributed by atoms with van der Waals surface area (Å²) in [6.07, 6.45) is 4.25. The molecular formula is C28H32FN5O2. The summed E-state index contributed by atoms with van der Waals surface area (Å²) in [6, 6.07) is 15.8. The Morgan fingerprint density at radius 3 is 2.56 bits per heavy atom. The normalized spacial score (nSPS) is 18.6. The number of carbonyl (C=O) groups is 2. The quantitative estimate of drug-likeness (QED) is 0.468. The van der Waals surface area contributed by atoms with Gasteiger partial charge in [-0.15, -0.1) is 0 Å². The highest BCUT2D eigenvalue weighted by Gasteiger charge is 2.44. The van der Waals surface area contributed by atoms with Crippen LogP contribution in [0.3, 0.4) is 0 Å². The number of amides is 2. The van der Waals surface area contributed by atoms with E-state index in [0.29, 0.717) is 16.8 Å². The van der Waals surface area contributed by atoms with Gasteiger partial charge in [0.25, 0.3) is 5.91 Å². The number of aromatic nitrogens is 1. The number of pyridine rings is 1. The molecular weight excluding hydrogens is 457 g/mol. The molecule has 8 heteroatoms. The van der Waals surface area contributed by atoms with Gasteiger partial charge in [0.05, 0.1) is 0 Å². The van der Waals surface area contributed by atoms with Gasteiger partial charge in [-0.25, -0.2) is 4.39 Å². The van der Waals surface area contributed by atoms with Crippen molar-refractivity contribution in [2.75, 3.05) is 36.4 Å². The molecule has 2 heterocycles. The van der Waals surface area contributed by atoms with Crippen LogP contribution in [0.2, 0.25) is 0 Å². The van der Waals surface area contributed by atoms with Crippen LogP contribution < -0.4 is 20.9 Å². The fourth-order valence-electron chi connectivity index (χ4n) is 4.48. The molecule has 188 valence electrons. The van der Waals surface area contributed by atoms with Gasteiger partial charge in [0.2, 0.25) is 5.91 Å². The first-order valence-corrected chi connectivity index (χ1v) is 11.9. The highest BCUT2D eigenvalue weighted by atomic mass is 19.1. The summed E-state index contributed by atoms with van der Waals surface area (Å²) in [4.78, 5) is 31.5. The van der Waals surface area contributed by atoms with Gasteiger partial charge in [-0.3, -0.25) is 14.6 Å². The van der Waals surface area contributed by atoms with Crippen molar-refractivity contribution < 1.29 is 14.0 Å².